The number of hydrogen-bond acceptors (Lipinski definition) is 3. The monoisotopic (exact) mass is 354 g/mol. The van der Waals surface area contributed by atoms with Gasteiger partial charge in [0.1, 0.15) is 10.7 Å². The normalized spacial score (nSPS) is 16.5. The van der Waals surface area contributed by atoms with E-state index in [9.17, 15) is 12.8 Å². The fraction of sp³-hybridized carbons (Fsp3) is 0.250. The molecular weight excluding hydrogens is 339 g/mol. The Morgan fingerprint density at radius 2 is 1.52 bits per heavy atom. The second-order valence-electron chi connectivity index (χ2n) is 5.27. The molecule has 0 aromatic heterocycles. The third-order valence-corrected chi connectivity index (χ3v) is 6.28. The fourth-order valence-corrected chi connectivity index (χ4v) is 4.59. The molecule has 4 nitrogen and oxygen atoms in total. The minimum absolute atomic E-state index is 0.112. The molecule has 1 aliphatic rings. The first-order chi connectivity index (χ1) is 11.0. The van der Waals surface area contributed by atoms with Gasteiger partial charge in [0.15, 0.2) is 0 Å². The predicted molar refractivity (Wildman–Crippen MR) is 88.8 cm³/mol. The number of sulfonamides is 1. The maximum absolute atomic E-state index is 13.8. The summed E-state index contributed by atoms with van der Waals surface area (Å²) in [5, 5.41) is 0.212. The Balaban J connectivity index is 1.77. The predicted octanol–water partition coefficient (Wildman–Crippen LogP) is 2.99. The number of benzene rings is 2. The molecule has 1 saturated heterocycles. The molecule has 0 spiro atoms. The van der Waals surface area contributed by atoms with Gasteiger partial charge in [0.25, 0.3) is 0 Å². The van der Waals surface area contributed by atoms with Crippen molar-refractivity contribution in [2.75, 3.05) is 31.1 Å². The molecule has 23 heavy (non-hydrogen) atoms. The van der Waals surface area contributed by atoms with Gasteiger partial charge in [0, 0.05) is 26.2 Å². The summed E-state index contributed by atoms with van der Waals surface area (Å²) < 4.78 is 40.6. The Kier molecular flexibility index (Phi) is 4.57. The Morgan fingerprint density at radius 1 is 0.913 bits per heavy atom. The van der Waals surface area contributed by atoms with Crippen molar-refractivity contribution < 1.29 is 12.8 Å². The van der Waals surface area contributed by atoms with Crippen molar-refractivity contribution in [1.82, 2.24) is 4.31 Å². The van der Waals surface area contributed by atoms with Crippen LogP contribution in [0.1, 0.15) is 0 Å². The number of rotatable bonds is 3. The molecule has 0 aliphatic carbocycles. The molecule has 1 fully saturated rings. The molecule has 0 N–H and O–H groups in total. The number of para-hydroxylation sites is 1. The van der Waals surface area contributed by atoms with Crippen LogP contribution in [0.2, 0.25) is 5.02 Å². The molecule has 0 radical (unpaired) electrons. The highest BCUT2D eigenvalue weighted by molar-refractivity contribution is 7.89. The summed E-state index contributed by atoms with van der Waals surface area (Å²) in [7, 11) is -3.63. The third-order valence-electron chi connectivity index (χ3n) is 3.89. The zero-order valence-corrected chi connectivity index (χ0v) is 13.9. The van der Waals surface area contributed by atoms with Gasteiger partial charge in [0.05, 0.1) is 10.7 Å². The van der Waals surface area contributed by atoms with Crippen LogP contribution < -0.4 is 4.90 Å². The third kappa shape index (κ3) is 3.20. The van der Waals surface area contributed by atoms with E-state index in [1.54, 1.807) is 36.4 Å². The molecule has 3 rings (SSSR count). The van der Waals surface area contributed by atoms with Gasteiger partial charge in [-0.1, -0.05) is 35.9 Å². The van der Waals surface area contributed by atoms with E-state index in [1.165, 1.54) is 16.4 Å². The Morgan fingerprint density at radius 3 is 2.17 bits per heavy atom. The number of hydrogen-bond donors (Lipinski definition) is 0. The molecule has 1 heterocycles. The first kappa shape index (κ1) is 16.2. The summed E-state index contributed by atoms with van der Waals surface area (Å²) in [4.78, 5) is 1.97. The van der Waals surface area contributed by atoms with Crippen LogP contribution in [0.4, 0.5) is 10.1 Å². The van der Waals surface area contributed by atoms with Crippen LogP contribution in [0.5, 0.6) is 0 Å². The summed E-state index contributed by atoms with van der Waals surface area (Å²) in [5.41, 5.74) is 0.502. The second kappa shape index (κ2) is 6.47. The van der Waals surface area contributed by atoms with Gasteiger partial charge in [-0.15, -0.1) is 0 Å². The first-order valence-corrected chi connectivity index (χ1v) is 9.06. The Bertz CT molecular complexity index is 805. The van der Waals surface area contributed by atoms with Gasteiger partial charge >= 0.3 is 0 Å². The molecule has 122 valence electrons. The first-order valence-electron chi connectivity index (χ1n) is 7.24. The highest BCUT2D eigenvalue weighted by Gasteiger charge is 2.30. The molecule has 0 saturated carbocycles. The topological polar surface area (TPSA) is 40.6 Å². The van der Waals surface area contributed by atoms with E-state index < -0.39 is 10.0 Å². The smallest absolute Gasteiger partial charge is 0.244 e. The lowest BCUT2D eigenvalue weighted by molar-refractivity contribution is 0.383. The molecule has 1 aliphatic heterocycles. The van der Waals surface area contributed by atoms with Gasteiger partial charge < -0.3 is 4.90 Å². The highest BCUT2D eigenvalue weighted by atomic mass is 35.5. The SMILES string of the molecule is O=S(=O)(c1ccccc1Cl)N1CCN(c2ccccc2F)CC1. The summed E-state index contributed by atoms with van der Waals surface area (Å²) in [5.74, 6) is -0.296. The Hall–Kier alpha value is -1.63. The van der Waals surface area contributed by atoms with Crippen molar-refractivity contribution in [3.63, 3.8) is 0 Å². The van der Waals surface area contributed by atoms with Crippen molar-refractivity contribution in [2.45, 2.75) is 4.90 Å². The average molecular weight is 355 g/mol. The van der Waals surface area contributed by atoms with Crippen molar-refractivity contribution in [1.29, 1.82) is 0 Å². The Labute approximate surface area is 140 Å². The number of anilines is 1. The van der Waals surface area contributed by atoms with Gasteiger partial charge in [-0.25, -0.2) is 12.8 Å². The molecule has 0 unspecified atom stereocenters. The number of halogens is 2. The van der Waals surface area contributed by atoms with Gasteiger partial charge in [-0.3, -0.25) is 0 Å². The van der Waals surface area contributed by atoms with Gasteiger partial charge in [0.2, 0.25) is 10.0 Å². The van der Waals surface area contributed by atoms with Crippen molar-refractivity contribution >= 4 is 27.3 Å². The van der Waals surface area contributed by atoms with Gasteiger partial charge in [-0.2, -0.15) is 4.31 Å². The maximum Gasteiger partial charge on any atom is 0.244 e. The van der Waals surface area contributed by atoms with E-state index in [-0.39, 0.29) is 15.7 Å². The van der Waals surface area contributed by atoms with E-state index in [2.05, 4.69) is 0 Å². The molecule has 0 amide bonds. The highest BCUT2D eigenvalue weighted by Crippen LogP contribution is 2.26. The molecule has 2 aromatic rings. The van der Waals surface area contributed by atoms with E-state index in [4.69, 9.17) is 11.6 Å². The summed E-state index contributed by atoms with van der Waals surface area (Å²) in [6.07, 6.45) is 0. The van der Waals surface area contributed by atoms with E-state index in [0.29, 0.717) is 31.9 Å². The van der Waals surface area contributed by atoms with E-state index in [1.807, 2.05) is 4.90 Å². The van der Waals surface area contributed by atoms with Crippen LogP contribution in [0.15, 0.2) is 53.4 Å². The standard InChI is InChI=1S/C16H16ClFN2O2S/c17-13-5-1-4-8-16(13)23(21,22)20-11-9-19(10-12-20)15-7-3-2-6-14(15)18/h1-8H,9-12H2. The van der Waals surface area contributed by atoms with Crippen LogP contribution >= 0.6 is 11.6 Å². The largest absolute Gasteiger partial charge is 0.367 e. The average Bonchev–Trinajstić information content (AvgIpc) is 2.56. The lowest BCUT2D eigenvalue weighted by Gasteiger charge is -2.35. The lowest BCUT2D eigenvalue weighted by Crippen LogP contribution is -2.48. The summed E-state index contributed by atoms with van der Waals surface area (Å²) in [6, 6.07) is 12.9. The molecule has 0 atom stereocenters. The number of nitrogens with zero attached hydrogens (tertiary/aromatic N) is 2. The van der Waals surface area contributed by atoms with Crippen LogP contribution in [-0.4, -0.2) is 38.9 Å². The minimum Gasteiger partial charge on any atom is -0.367 e. The van der Waals surface area contributed by atoms with E-state index >= 15 is 0 Å². The molecular formula is C16H16ClFN2O2S. The quantitative estimate of drug-likeness (QED) is 0.850. The second-order valence-corrected chi connectivity index (χ2v) is 7.59. The van der Waals surface area contributed by atoms with Gasteiger partial charge in [-0.05, 0) is 24.3 Å². The zero-order valence-electron chi connectivity index (χ0n) is 12.3. The minimum atomic E-state index is -3.63. The fourth-order valence-electron chi connectivity index (χ4n) is 2.67. The summed E-state index contributed by atoms with van der Waals surface area (Å²) in [6.45, 7) is 1.46. The van der Waals surface area contributed by atoms with Crippen LogP contribution in [0.25, 0.3) is 0 Å². The van der Waals surface area contributed by atoms with Crippen molar-refractivity contribution in [3.05, 3.63) is 59.4 Å². The lowest BCUT2D eigenvalue weighted by atomic mass is 10.2. The summed E-state index contributed by atoms with van der Waals surface area (Å²) >= 11 is 6.01. The molecule has 0 bridgehead atoms. The van der Waals surface area contributed by atoms with E-state index in [0.717, 1.165) is 0 Å². The van der Waals surface area contributed by atoms with Crippen molar-refractivity contribution in [3.8, 4) is 0 Å². The van der Waals surface area contributed by atoms with Crippen LogP contribution in [0.3, 0.4) is 0 Å². The van der Waals surface area contributed by atoms with Crippen molar-refractivity contribution in [2.24, 2.45) is 0 Å². The van der Waals surface area contributed by atoms with Crippen LogP contribution in [-0.2, 0) is 10.0 Å². The zero-order chi connectivity index (χ0) is 16.4. The maximum atomic E-state index is 13.8. The number of piperazine rings is 1. The van der Waals surface area contributed by atoms with Crippen LogP contribution in [0, 0.1) is 5.82 Å². The molecule has 2 aromatic carbocycles. The molecule has 7 heteroatoms.